The van der Waals surface area contributed by atoms with E-state index in [4.69, 9.17) is 9.47 Å². The van der Waals surface area contributed by atoms with Gasteiger partial charge in [0.2, 0.25) is 0 Å². The second-order valence-electron chi connectivity index (χ2n) is 6.76. The van der Waals surface area contributed by atoms with E-state index in [0.29, 0.717) is 12.2 Å². The number of amides is 1. The van der Waals surface area contributed by atoms with Crippen molar-refractivity contribution in [1.82, 2.24) is 5.01 Å². The van der Waals surface area contributed by atoms with Crippen LogP contribution in [0.25, 0.3) is 0 Å². The van der Waals surface area contributed by atoms with Crippen molar-refractivity contribution < 1.29 is 32.5 Å². The SMILES string of the molecule is COc1ccc(OCC(=O)N2N=C(CCC(C)C)C[C@]2(O)C(F)(F)F)cc1. The van der Waals surface area contributed by atoms with E-state index in [1.165, 1.54) is 19.2 Å². The summed E-state index contributed by atoms with van der Waals surface area (Å²) in [6.45, 7) is 3.17. The molecule has 0 saturated carbocycles. The summed E-state index contributed by atoms with van der Waals surface area (Å²) in [5, 5.41) is 14.0. The Morgan fingerprint density at radius 2 is 1.89 bits per heavy atom. The summed E-state index contributed by atoms with van der Waals surface area (Å²) in [5.41, 5.74) is -3.21. The Morgan fingerprint density at radius 3 is 2.41 bits per heavy atom. The number of alkyl halides is 3. The lowest BCUT2D eigenvalue weighted by Gasteiger charge is -2.32. The van der Waals surface area contributed by atoms with Crippen LogP contribution in [0, 0.1) is 5.92 Å². The molecule has 9 heteroatoms. The van der Waals surface area contributed by atoms with Crippen LogP contribution in [0.15, 0.2) is 29.4 Å². The number of methoxy groups -OCH3 is 1. The average Bonchev–Trinajstić information content (AvgIpc) is 2.96. The highest BCUT2D eigenvalue weighted by atomic mass is 19.4. The highest BCUT2D eigenvalue weighted by Crippen LogP contribution is 2.41. The number of ether oxygens (including phenoxy) is 2. The van der Waals surface area contributed by atoms with Crippen molar-refractivity contribution in [1.29, 1.82) is 0 Å². The highest BCUT2D eigenvalue weighted by Gasteiger charge is 2.63. The van der Waals surface area contributed by atoms with E-state index in [0.717, 1.165) is 0 Å². The minimum atomic E-state index is -5.04. The number of hydrazone groups is 1. The van der Waals surface area contributed by atoms with Crippen molar-refractivity contribution in [3.8, 4) is 11.5 Å². The summed E-state index contributed by atoms with van der Waals surface area (Å²) in [5.74, 6) is 0.0296. The van der Waals surface area contributed by atoms with Gasteiger partial charge < -0.3 is 14.6 Å². The standard InChI is InChI=1S/C18H23F3N2O4/c1-12(2)4-5-13-10-17(25,18(19,20)21)23(22-13)16(24)11-27-15-8-6-14(26-3)7-9-15/h6-9,12,25H,4-5,10-11H2,1-3H3/t17-/m0/s1. The molecule has 27 heavy (non-hydrogen) atoms. The molecule has 0 bridgehead atoms. The number of aliphatic hydroxyl groups is 1. The van der Waals surface area contributed by atoms with Gasteiger partial charge in [0.1, 0.15) is 11.5 Å². The normalized spacial score (nSPS) is 20.0. The number of halogens is 3. The third-order valence-electron chi connectivity index (χ3n) is 4.16. The predicted molar refractivity (Wildman–Crippen MR) is 92.5 cm³/mol. The molecule has 1 aromatic carbocycles. The molecule has 1 N–H and O–H groups in total. The van der Waals surface area contributed by atoms with Gasteiger partial charge in [-0.3, -0.25) is 4.79 Å². The molecular formula is C18H23F3N2O4. The van der Waals surface area contributed by atoms with Crippen LogP contribution >= 0.6 is 0 Å². The van der Waals surface area contributed by atoms with E-state index in [-0.39, 0.29) is 28.8 Å². The maximum Gasteiger partial charge on any atom is 0.438 e. The Kier molecular flexibility index (Phi) is 6.35. The predicted octanol–water partition coefficient (Wildman–Crippen LogP) is 3.35. The first-order valence-corrected chi connectivity index (χ1v) is 8.52. The number of rotatable bonds is 7. The summed E-state index contributed by atoms with van der Waals surface area (Å²) in [6.07, 6.45) is -4.90. The molecule has 2 rings (SSSR count). The molecule has 1 aliphatic rings. The van der Waals surface area contributed by atoms with Gasteiger partial charge in [0.05, 0.1) is 7.11 Å². The molecule has 0 saturated heterocycles. The number of carbonyl (C=O) groups excluding carboxylic acids is 1. The number of benzene rings is 1. The van der Waals surface area contributed by atoms with Gasteiger partial charge in [-0.15, -0.1) is 0 Å². The lowest BCUT2D eigenvalue weighted by atomic mass is 9.99. The molecule has 0 unspecified atom stereocenters. The van der Waals surface area contributed by atoms with Gasteiger partial charge in [0.25, 0.3) is 11.6 Å². The third kappa shape index (κ3) is 4.91. The second-order valence-corrected chi connectivity index (χ2v) is 6.76. The van der Waals surface area contributed by atoms with Gasteiger partial charge in [-0.1, -0.05) is 13.8 Å². The van der Waals surface area contributed by atoms with Crippen molar-refractivity contribution >= 4 is 11.6 Å². The van der Waals surface area contributed by atoms with Crippen LogP contribution in [-0.2, 0) is 4.79 Å². The van der Waals surface area contributed by atoms with Gasteiger partial charge in [-0.2, -0.15) is 23.3 Å². The second kappa shape index (κ2) is 8.16. The van der Waals surface area contributed by atoms with E-state index in [2.05, 4.69) is 5.10 Å². The van der Waals surface area contributed by atoms with Crippen LogP contribution in [-0.4, -0.2) is 47.4 Å². The lowest BCUT2D eigenvalue weighted by molar-refractivity contribution is -0.302. The average molecular weight is 388 g/mol. The monoisotopic (exact) mass is 388 g/mol. The molecular weight excluding hydrogens is 365 g/mol. The fourth-order valence-corrected chi connectivity index (χ4v) is 2.57. The molecule has 150 valence electrons. The van der Waals surface area contributed by atoms with Gasteiger partial charge in [-0.05, 0) is 43.0 Å². The first kappa shape index (κ1) is 21.0. The van der Waals surface area contributed by atoms with Crippen molar-refractivity contribution in [2.24, 2.45) is 11.0 Å². The zero-order chi connectivity index (χ0) is 20.2. The Morgan fingerprint density at radius 1 is 1.30 bits per heavy atom. The molecule has 1 atom stereocenters. The molecule has 1 aromatic rings. The number of carbonyl (C=O) groups is 1. The van der Waals surface area contributed by atoms with Crippen molar-refractivity contribution in [3.63, 3.8) is 0 Å². The van der Waals surface area contributed by atoms with Crippen LogP contribution in [0.2, 0.25) is 0 Å². The fraction of sp³-hybridized carbons (Fsp3) is 0.556. The van der Waals surface area contributed by atoms with E-state index in [1.54, 1.807) is 12.1 Å². The fourth-order valence-electron chi connectivity index (χ4n) is 2.57. The minimum absolute atomic E-state index is 0.103. The van der Waals surface area contributed by atoms with Gasteiger partial charge >= 0.3 is 6.18 Å². The Hall–Kier alpha value is -2.29. The molecule has 1 heterocycles. The molecule has 0 fully saturated rings. The lowest BCUT2D eigenvalue weighted by Crippen LogP contribution is -2.57. The third-order valence-corrected chi connectivity index (χ3v) is 4.16. The molecule has 0 spiro atoms. The molecule has 0 aliphatic carbocycles. The molecule has 0 aromatic heterocycles. The summed E-state index contributed by atoms with van der Waals surface area (Å²) in [7, 11) is 1.49. The van der Waals surface area contributed by atoms with E-state index in [9.17, 15) is 23.1 Å². The number of hydrogen-bond donors (Lipinski definition) is 1. The van der Waals surface area contributed by atoms with Crippen molar-refractivity contribution in [2.45, 2.75) is 45.0 Å². The van der Waals surface area contributed by atoms with Crippen LogP contribution in [0.5, 0.6) is 11.5 Å². The van der Waals surface area contributed by atoms with Gasteiger partial charge in [0.15, 0.2) is 6.61 Å². The van der Waals surface area contributed by atoms with Crippen molar-refractivity contribution in [3.05, 3.63) is 24.3 Å². The van der Waals surface area contributed by atoms with E-state index >= 15 is 0 Å². The minimum Gasteiger partial charge on any atom is -0.497 e. The Bertz CT molecular complexity index is 689. The molecule has 6 nitrogen and oxygen atoms in total. The van der Waals surface area contributed by atoms with E-state index in [1.807, 2.05) is 13.8 Å². The summed E-state index contributed by atoms with van der Waals surface area (Å²) >= 11 is 0. The van der Waals surface area contributed by atoms with Crippen LogP contribution in [0.1, 0.15) is 33.1 Å². The highest BCUT2D eigenvalue weighted by molar-refractivity contribution is 5.91. The zero-order valence-corrected chi connectivity index (χ0v) is 15.4. The van der Waals surface area contributed by atoms with Crippen LogP contribution in [0.3, 0.4) is 0 Å². The Labute approximate surface area is 155 Å². The summed E-state index contributed by atoms with van der Waals surface area (Å²) in [4.78, 5) is 12.3. The quantitative estimate of drug-likeness (QED) is 0.778. The summed E-state index contributed by atoms with van der Waals surface area (Å²) in [6, 6.07) is 6.21. The zero-order valence-electron chi connectivity index (χ0n) is 15.4. The molecule has 1 aliphatic heterocycles. The molecule has 1 amide bonds. The maximum absolute atomic E-state index is 13.4. The van der Waals surface area contributed by atoms with Crippen LogP contribution < -0.4 is 9.47 Å². The maximum atomic E-state index is 13.4. The number of nitrogens with zero attached hydrogens (tertiary/aromatic N) is 2. The smallest absolute Gasteiger partial charge is 0.438 e. The van der Waals surface area contributed by atoms with E-state index < -0.39 is 30.8 Å². The van der Waals surface area contributed by atoms with Gasteiger partial charge in [-0.25, -0.2) is 0 Å². The largest absolute Gasteiger partial charge is 0.497 e. The topological polar surface area (TPSA) is 71.4 Å². The molecule has 0 radical (unpaired) electrons. The first-order valence-electron chi connectivity index (χ1n) is 8.52. The van der Waals surface area contributed by atoms with Gasteiger partial charge in [0, 0.05) is 12.1 Å². The summed E-state index contributed by atoms with van der Waals surface area (Å²) < 4.78 is 50.4. The van der Waals surface area contributed by atoms with Crippen LogP contribution in [0.4, 0.5) is 13.2 Å². The first-order chi connectivity index (χ1) is 12.6. The number of hydrogen-bond acceptors (Lipinski definition) is 5. The Balaban J connectivity index is 2.10. The van der Waals surface area contributed by atoms with Crippen molar-refractivity contribution in [2.75, 3.05) is 13.7 Å².